The quantitative estimate of drug-likeness (QED) is 0.880. The van der Waals surface area contributed by atoms with Crippen LogP contribution in [0.15, 0.2) is 18.2 Å². The molecule has 2 aromatic rings. The molecular formula is C13H12FN5O. The molecule has 0 spiro atoms. The lowest BCUT2D eigenvalue weighted by Gasteiger charge is -2.09. The second-order valence-corrected chi connectivity index (χ2v) is 3.91. The third-order valence-electron chi connectivity index (χ3n) is 2.52. The highest BCUT2D eigenvalue weighted by atomic mass is 19.1. The molecule has 0 atom stereocenters. The number of halogens is 1. The van der Waals surface area contributed by atoms with Crippen molar-refractivity contribution in [1.82, 2.24) is 9.97 Å². The van der Waals surface area contributed by atoms with Gasteiger partial charge in [-0.2, -0.15) is 10.2 Å². The molecule has 102 valence electrons. The minimum Gasteiger partial charge on any atom is -0.494 e. The van der Waals surface area contributed by atoms with Crippen LogP contribution in [0.2, 0.25) is 0 Å². The maximum absolute atomic E-state index is 13.6. The Kier molecular flexibility index (Phi) is 3.66. The summed E-state index contributed by atoms with van der Waals surface area (Å²) in [5, 5.41) is 9.12. The van der Waals surface area contributed by atoms with Crippen molar-refractivity contribution in [2.24, 2.45) is 0 Å². The van der Waals surface area contributed by atoms with E-state index in [2.05, 4.69) is 9.97 Å². The summed E-state index contributed by atoms with van der Waals surface area (Å²) in [6.45, 7) is 2.17. The Balaban J connectivity index is 2.65. The fraction of sp³-hybridized carbons (Fsp3) is 0.154. The number of hydrogen-bond donors (Lipinski definition) is 2. The highest BCUT2D eigenvalue weighted by Gasteiger charge is 2.15. The molecule has 1 aromatic heterocycles. The molecule has 0 aliphatic heterocycles. The molecule has 1 heterocycles. The first-order chi connectivity index (χ1) is 9.55. The Labute approximate surface area is 114 Å². The average Bonchev–Trinajstić information content (AvgIpc) is 2.37. The molecule has 0 bridgehead atoms. The predicted molar refractivity (Wildman–Crippen MR) is 72.1 cm³/mol. The Bertz CT molecular complexity index is 696. The summed E-state index contributed by atoms with van der Waals surface area (Å²) in [5.41, 5.74) is 11.7. The van der Waals surface area contributed by atoms with E-state index in [1.165, 1.54) is 12.1 Å². The van der Waals surface area contributed by atoms with Gasteiger partial charge in [0.2, 0.25) is 5.95 Å². The van der Waals surface area contributed by atoms with Crippen LogP contribution < -0.4 is 16.2 Å². The van der Waals surface area contributed by atoms with Crippen molar-refractivity contribution in [3.05, 3.63) is 29.6 Å². The monoisotopic (exact) mass is 273 g/mol. The van der Waals surface area contributed by atoms with E-state index >= 15 is 0 Å². The highest BCUT2D eigenvalue weighted by Crippen LogP contribution is 2.29. The summed E-state index contributed by atoms with van der Waals surface area (Å²) in [7, 11) is 0. The van der Waals surface area contributed by atoms with Crippen LogP contribution in [0.5, 0.6) is 5.75 Å². The summed E-state index contributed by atoms with van der Waals surface area (Å²) in [6.07, 6.45) is 0. The maximum Gasteiger partial charge on any atom is 0.222 e. The van der Waals surface area contributed by atoms with Gasteiger partial charge in [-0.05, 0) is 19.1 Å². The Morgan fingerprint density at radius 1 is 1.30 bits per heavy atom. The van der Waals surface area contributed by atoms with Gasteiger partial charge in [-0.25, -0.2) is 9.37 Å². The second-order valence-electron chi connectivity index (χ2n) is 3.91. The zero-order chi connectivity index (χ0) is 14.7. The number of hydrogen-bond acceptors (Lipinski definition) is 6. The first-order valence-corrected chi connectivity index (χ1v) is 5.82. The van der Waals surface area contributed by atoms with Gasteiger partial charge in [0, 0.05) is 11.6 Å². The van der Waals surface area contributed by atoms with Gasteiger partial charge in [0.1, 0.15) is 29.0 Å². The van der Waals surface area contributed by atoms with Crippen molar-refractivity contribution in [2.75, 3.05) is 18.1 Å². The minimum atomic E-state index is -0.509. The van der Waals surface area contributed by atoms with Crippen LogP contribution in [0.3, 0.4) is 0 Å². The third kappa shape index (κ3) is 2.59. The smallest absolute Gasteiger partial charge is 0.222 e. The number of anilines is 2. The number of nitriles is 1. The molecule has 0 saturated heterocycles. The topological polar surface area (TPSA) is 111 Å². The van der Waals surface area contributed by atoms with Gasteiger partial charge in [0.25, 0.3) is 0 Å². The summed E-state index contributed by atoms with van der Waals surface area (Å²) in [5.74, 6) is -0.302. The van der Waals surface area contributed by atoms with E-state index in [0.717, 1.165) is 0 Å². The highest BCUT2D eigenvalue weighted by molar-refractivity contribution is 5.73. The molecule has 0 fully saturated rings. The molecule has 6 nitrogen and oxygen atoms in total. The van der Waals surface area contributed by atoms with E-state index in [1.807, 2.05) is 6.07 Å². The number of nitrogen functional groups attached to an aromatic ring is 2. The van der Waals surface area contributed by atoms with Gasteiger partial charge in [-0.3, -0.25) is 0 Å². The SMILES string of the molecule is CCOc1cc(F)cc(-c2nc(N)nc(N)c2C#N)c1. The zero-order valence-corrected chi connectivity index (χ0v) is 10.7. The van der Waals surface area contributed by atoms with Crippen LogP contribution in [-0.2, 0) is 0 Å². The first kappa shape index (κ1) is 13.5. The van der Waals surface area contributed by atoms with E-state index < -0.39 is 5.82 Å². The van der Waals surface area contributed by atoms with E-state index in [9.17, 15) is 4.39 Å². The Morgan fingerprint density at radius 2 is 2.05 bits per heavy atom. The van der Waals surface area contributed by atoms with Crippen molar-refractivity contribution in [3.63, 3.8) is 0 Å². The van der Waals surface area contributed by atoms with Crippen molar-refractivity contribution < 1.29 is 9.13 Å². The first-order valence-electron chi connectivity index (χ1n) is 5.82. The molecule has 0 aliphatic carbocycles. The van der Waals surface area contributed by atoms with Crippen LogP contribution >= 0.6 is 0 Å². The fourth-order valence-electron chi connectivity index (χ4n) is 1.76. The van der Waals surface area contributed by atoms with Crippen molar-refractivity contribution in [2.45, 2.75) is 6.92 Å². The van der Waals surface area contributed by atoms with Gasteiger partial charge < -0.3 is 16.2 Å². The molecule has 7 heteroatoms. The van der Waals surface area contributed by atoms with Crippen LogP contribution in [0.4, 0.5) is 16.2 Å². The van der Waals surface area contributed by atoms with E-state index in [4.69, 9.17) is 21.5 Å². The standard InChI is InChI=1S/C13H12FN5O/c1-2-20-9-4-7(3-8(14)5-9)11-10(6-15)12(16)19-13(17)18-11/h3-5H,2H2,1H3,(H4,16,17,18,19). The molecule has 20 heavy (non-hydrogen) atoms. The fourth-order valence-corrected chi connectivity index (χ4v) is 1.76. The van der Waals surface area contributed by atoms with Crippen molar-refractivity contribution in [3.8, 4) is 23.1 Å². The summed E-state index contributed by atoms with van der Waals surface area (Å²) in [6, 6.07) is 5.93. The molecule has 4 N–H and O–H groups in total. The van der Waals surface area contributed by atoms with Crippen LogP contribution in [0.1, 0.15) is 12.5 Å². The molecule has 2 rings (SSSR count). The lowest BCUT2D eigenvalue weighted by Crippen LogP contribution is -2.05. The summed E-state index contributed by atoms with van der Waals surface area (Å²) >= 11 is 0. The summed E-state index contributed by atoms with van der Waals surface area (Å²) in [4.78, 5) is 7.67. The number of benzene rings is 1. The molecule has 0 unspecified atom stereocenters. The molecule has 1 aromatic carbocycles. The van der Waals surface area contributed by atoms with Gasteiger partial charge in [0.15, 0.2) is 0 Å². The van der Waals surface area contributed by atoms with Gasteiger partial charge in [-0.15, -0.1) is 0 Å². The molecule has 0 radical (unpaired) electrons. The number of nitrogens with zero attached hydrogens (tertiary/aromatic N) is 3. The van der Waals surface area contributed by atoms with Gasteiger partial charge in [0.05, 0.1) is 12.3 Å². The van der Waals surface area contributed by atoms with Gasteiger partial charge >= 0.3 is 0 Å². The Morgan fingerprint density at radius 3 is 2.70 bits per heavy atom. The normalized spacial score (nSPS) is 10.1. The second kappa shape index (κ2) is 5.40. The third-order valence-corrected chi connectivity index (χ3v) is 2.52. The van der Waals surface area contributed by atoms with Crippen LogP contribution in [-0.4, -0.2) is 16.6 Å². The number of rotatable bonds is 3. The zero-order valence-electron chi connectivity index (χ0n) is 10.7. The lowest BCUT2D eigenvalue weighted by molar-refractivity contribution is 0.338. The molecule has 0 saturated carbocycles. The largest absolute Gasteiger partial charge is 0.494 e. The molecular weight excluding hydrogens is 261 g/mol. The predicted octanol–water partition coefficient (Wildman–Crippen LogP) is 1.72. The van der Waals surface area contributed by atoms with Crippen molar-refractivity contribution >= 4 is 11.8 Å². The van der Waals surface area contributed by atoms with Crippen LogP contribution in [0, 0.1) is 17.1 Å². The molecule has 0 amide bonds. The average molecular weight is 273 g/mol. The van der Waals surface area contributed by atoms with E-state index in [0.29, 0.717) is 17.9 Å². The number of ether oxygens (including phenoxy) is 1. The lowest BCUT2D eigenvalue weighted by atomic mass is 10.1. The van der Waals surface area contributed by atoms with Crippen LogP contribution in [0.25, 0.3) is 11.3 Å². The Hall–Kier alpha value is -2.88. The number of aromatic nitrogens is 2. The molecule has 0 aliphatic rings. The number of nitrogens with two attached hydrogens (primary N) is 2. The minimum absolute atomic E-state index is 0.0442. The van der Waals surface area contributed by atoms with E-state index in [-0.39, 0.29) is 23.0 Å². The maximum atomic E-state index is 13.6. The van der Waals surface area contributed by atoms with Gasteiger partial charge in [-0.1, -0.05) is 0 Å². The summed E-state index contributed by atoms with van der Waals surface area (Å²) < 4.78 is 18.9. The van der Waals surface area contributed by atoms with E-state index in [1.54, 1.807) is 13.0 Å². The van der Waals surface area contributed by atoms with Crippen molar-refractivity contribution in [1.29, 1.82) is 5.26 Å².